The van der Waals surface area contributed by atoms with E-state index in [9.17, 15) is 9.65 Å². The lowest BCUT2D eigenvalue weighted by Gasteiger charge is -2.23. The Kier molecular flexibility index (Phi) is 7.45. The Bertz CT molecular complexity index is 1420. The van der Waals surface area contributed by atoms with Crippen LogP contribution in [0.15, 0.2) is 89.6 Å². The lowest BCUT2D eigenvalue weighted by atomic mass is 10.0. The fourth-order valence-electron chi connectivity index (χ4n) is 3.65. The Hall–Kier alpha value is -5.17. The summed E-state index contributed by atoms with van der Waals surface area (Å²) in [4.78, 5) is 8.56. The third-order valence-corrected chi connectivity index (χ3v) is 5.71. The molecule has 1 unspecified atom stereocenters. The molecule has 186 valence electrons. The van der Waals surface area contributed by atoms with Crippen LogP contribution in [0.3, 0.4) is 0 Å². The van der Waals surface area contributed by atoms with Crippen LogP contribution in [0.1, 0.15) is 16.7 Å². The van der Waals surface area contributed by atoms with Crippen molar-refractivity contribution in [3.05, 3.63) is 107 Å². The summed E-state index contributed by atoms with van der Waals surface area (Å²) >= 11 is 0. The molecule has 3 aromatic rings. The number of benzene rings is 2. The van der Waals surface area contributed by atoms with Gasteiger partial charge in [0.05, 0.1) is 17.3 Å². The summed E-state index contributed by atoms with van der Waals surface area (Å²) < 4.78 is 13.2. The van der Waals surface area contributed by atoms with E-state index in [1.165, 1.54) is 18.3 Å². The van der Waals surface area contributed by atoms with Crippen LogP contribution in [-0.2, 0) is 13.1 Å². The highest BCUT2D eigenvalue weighted by molar-refractivity contribution is 6.00. The zero-order valence-electron chi connectivity index (χ0n) is 19.9. The van der Waals surface area contributed by atoms with Gasteiger partial charge in [-0.1, -0.05) is 43.0 Å². The molecule has 10 heteroatoms. The van der Waals surface area contributed by atoms with Crippen LogP contribution in [0.4, 0.5) is 10.2 Å². The van der Waals surface area contributed by atoms with Crippen molar-refractivity contribution >= 4 is 17.9 Å². The van der Waals surface area contributed by atoms with Gasteiger partial charge in [-0.25, -0.2) is 14.4 Å². The van der Waals surface area contributed by atoms with Crippen LogP contribution < -0.4 is 27.4 Å². The van der Waals surface area contributed by atoms with E-state index in [1.54, 1.807) is 24.4 Å². The van der Waals surface area contributed by atoms with Gasteiger partial charge < -0.3 is 27.4 Å². The monoisotopic (exact) mass is 495 g/mol. The molecule has 0 amide bonds. The Morgan fingerprint density at radius 3 is 2.46 bits per heavy atom. The van der Waals surface area contributed by atoms with E-state index in [1.807, 2.05) is 24.3 Å². The van der Waals surface area contributed by atoms with Crippen molar-refractivity contribution in [2.75, 3.05) is 5.73 Å². The molecule has 2 heterocycles. The summed E-state index contributed by atoms with van der Waals surface area (Å²) in [5.74, 6) is 0.331. The minimum Gasteiger partial charge on any atom is -0.384 e. The highest BCUT2D eigenvalue weighted by Gasteiger charge is 2.19. The van der Waals surface area contributed by atoms with Gasteiger partial charge >= 0.3 is 0 Å². The number of pyridine rings is 1. The lowest BCUT2D eigenvalue weighted by molar-refractivity contribution is 0.626. The number of nitriles is 1. The minimum absolute atomic E-state index is 0.134. The third kappa shape index (κ3) is 6.10. The largest absolute Gasteiger partial charge is 0.384 e. The molecule has 0 fully saturated rings. The van der Waals surface area contributed by atoms with Crippen LogP contribution in [0.25, 0.3) is 11.1 Å². The predicted molar refractivity (Wildman–Crippen MR) is 142 cm³/mol. The molecule has 2 aromatic carbocycles. The molecule has 4 rings (SSSR count). The number of nitrogen functional groups attached to an aromatic ring is 2. The first-order valence-corrected chi connectivity index (χ1v) is 11.4. The minimum atomic E-state index is -0.586. The highest BCUT2D eigenvalue weighted by atomic mass is 19.1. The molecule has 1 aromatic heterocycles. The maximum absolute atomic E-state index is 13.2. The van der Waals surface area contributed by atoms with Crippen molar-refractivity contribution in [2.24, 2.45) is 10.7 Å². The van der Waals surface area contributed by atoms with Crippen LogP contribution in [0.2, 0.25) is 0 Å². The molecule has 0 aliphatic carbocycles. The molecule has 9 nitrogen and oxygen atoms in total. The second kappa shape index (κ2) is 11.0. The summed E-state index contributed by atoms with van der Waals surface area (Å²) in [7, 11) is 0. The molecule has 1 aliphatic heterocycles. The van der Waals surface area contributed by atoms with E-state index < -0.39 is 6.04 Å². The fourth-order valence-corrected chi connectivity index (χ4v) is 3.65. The number of nitrogens with one attached hydrogen (secondary N) is 4. The van der Waals surface area contributed by atoms with E-state index in [0.717, 1.165) is 22.3 Å². The van der Waals surface area contributed by atoms with Crippen molar-refractivity contribution in [3.63, 3.8) is 0 Å². The average molecular weight is 496 g/mol. The summed E-state index contributed by atoms with van der Waals surface area (Å²) in [5.41, 5.74) is 16.5. The van der Waals surface area contributed by atoms with Crippen LogP contribution in [0.5, 0.6) is 0 Å². The Balaban J connectivity index is 1.45. The molecule has 0 saturated heterocycles. The standard InChI is InChI=1S/C27H26FN9/c1-16(33-12-18-4-8-21(28)9-5-18)24-27(36-15-22(11-29)37-24)35-13-17-2-6-19(7-3-17)20-10-23(25(30)31)26(32)34-14-20/h2-10,14-15,22,33,35,37H,1,12-13H2,(H3,30,31)(H2,32,34). The van der Waals surface area contributed by atoms with Gasteiger partial charge in [0.1, 0.15) is 23.2 Å². The molecule has 37 heavy (non-hydrogen) atoms. The normalized spacial score (nSPS) is 14.4. The number of hydrogen-bond acceptors (Lipinski definition) is 8. The van der Waals surface area contributed by atoms with E-state index >= 15 is 0 Å². The number of aliphatic imine (C=N–C) groups is 1. The van der Waals surface area contributed by atoms with Crippen molar-refractivity contribution in [3.8, 4) is 17.2 Å². The van der Waals surface area contributed by atoms with Gasteiger partial charge in [0.15, 0.2) is 11.9 Å². The molecular weight excluding hydrogens is 469 g/mol. The van der Waals surface area contributed by atoms with Gasteiger partial charge in [-0.05, 0) is 34.9 Å². The summed E-state index contributed by atoms with van der Waals surface area (Å²) in [6.07, 6.45) is 3.17. The number of halogens is 1. The van der Waals surface area contributed by atoms with Crippen molar-refractivity contribution in [1.29, 1.82) is 10.7 Å². The van der Waals surface area contributed by atoms with Gasteiger partial charge in [-0.15, -0.1) is 0 Å². The first-order chi connectivity index (χ1) is 17.8. The SMILES string of the molecule is C=C(NCc1ccc(F)cc1)C1=C(NCc2ccc(-c3cnc(N)c(C(=N)N)c3)cc2)N=CC(C#N)N1. The summed E-state index contributed by atoms with van der Waals surface area (Å²) in [6.45, 7) is 5.00. The van der Waals surface area contributed by atoms with Gasteiger partial charge in [0.2, 0.25) is 0 Å². The molecular formula is C27H26FN9. The molecule has 0 saturated carbocycles. The average Bonchev–Trinajstić information content (AvgIpc) is 2.91. The number of anilines is 1. The molecule has 1 aliphatic rings. The number of nitrogens with two attached hydrogens (primary N) is 2. The molecule has 0 bridgehead atoms. The van der Waals surface area contributed by atoms with Gasteiger partial charge in [-0.3, -0.25) is 5.41 Å². The molecule has 1 atom stereocenters. The fraction of sp³-hybridized carbons (Fsp3) is 0.111. The van der Waals surface area contributed by atoms with Crippen LogP contribution in [0, 0.1) is 22.6 Å². The first kappa shape index (κ1) is 24.9. The third-order valence-electron chi connectivity index (χ3n) is 5.71. The predicted octanol–water partition coefficient (Wildman–Crippen LogP) is 2.88. The second-order valence-corrected chi connectivity index (χ2v) is 8.33. The van der Waals surface area contributed by atoms with E-state index in [4.69, 9.17) is 16.9 Å². The van der Waals surface area contributed by atoms with E-state index in [-0.39, 0.29) is 17.5 Å². The molecule has 0 spiro atoms. The van der Waals surface area contributed by atoms with Crippen LogP contribution in [-0.4, -0.2) is 23.1 Å². The smallest absolute Gasteiger partial charge is 0.151 e. The molecule has 0 radical (unpaired) electrons. The van der Waals surface area contributed by atoms with Gasteiger partial charge in [0.25, 0.3) is 0 Å². The van der Waals surface area contributed by atoms with Crippen molar-refractivity contribution in [1.82, 2.24) is 20.9 Å². The quantitative estimate of drug-likeness (QED) is 0.196. The van der Waals surface area contributed by atoms with E-state index in [0.29, 0.717) is 35.9 Å². The second-order valence-electron chi connectivity index (χ2n) is 8.33. The number of hydrogen-bond donors (Lipinski definition) is 6. The Morgan fingerprint density at radius 1 is 1.11 bits per heavy atom. The van der Waals surface area contributed by atoms with Gasteiger partial charge in [-0.2, -0.15) is 5.26 Å². The zero-order valence-corrected chi connectivity index (χ0v) is 19.9. The number of rotatable bonds is 9. The highest BCUT2D eigenvalue weighted by Crippen LogP contribution is 2.23. The topological polar surface area (TPSA) is 161 Å². The van der Waals surface area contributed by atoms with Crippen LogP contribution >= 0.6 is 0 Å². The van der Waals surface area contributed by atoms with Crippen molar-refractivity contribution < 1.29 is 4.39 Å². The van der Waals surface area contributed by atoms with Gasteiger partial charge in [0, 0.05) is 31.1 Å². The number of nitrogens with zero attached hydrogens (tertiary/aromatic N) is 3. The Labute approximate surface area is 213 Å². The summed E-state index contributed by atoms with van der Waals surface area (Å²) in [5, 5.41) is 26.6. The Morgan fingerprint density at radius 2 is 1.78 bits per heavy atom. The molecule has 8 N–H and O–H groups in total. The maximum atomic E-state index is 13.2. The maximum Gasteiger partial charge on any atom is 0.151 e. The van der Waals surface area contributed by atoms with Crippen molar-refractivity contribution in [2.45, 2.75) is 19.1 Å². The number of aromatic nitrogens is 1. The van der Waals surface area contributed by atoms with E-state index in [2.05, 4.69) is 38.6 Å². The summed E-state index contributed by atoms with van der Waals surface area (Å²) in [6, 6.07) is 17.3. The number of amidine groups is 1. The zero-order chi connectivity index (χ0) is 26.4. The first-order valence-electron chi connectivity index (χ1n) is 11.4. The lowest BCUT2D eigenvalue weighted by Crippen LogP contribution is -2.37.